The normalized spacial score (nSPS) is 31.3. The Morgan fingerprint density at radius 1 is 1.02 bits per heavy atom. The third-order valence-corrected chi connectivity index (χ3v) is 13.5. The van der Waals surface area contributed by atoms with Crippen molar-refractivity contribution >= 4 is 52.2 Å². The molecule has 8 rings (SSSR count). The van der Waals surface area contributed by atoms with E-state index in [9.17, 15) is 24.3 Å². The van der Waals surface area contributed by atoms with Gasteiger partial charge in [-0.3, -0.25) is 14.5 Å². The summed E-state index contributed by atoms with van der Waals surface area (Å²) in [5.74, 6) is 0.531. The SMILES string of the molecule is CC(C)Nc1cc(O[C@@H]2C[C@H]3C(=O)N[C@]4(C(=O)O)C[C@H]4CCCCCCC[C@H](NC(=O)O[C@@H]4C[C@@H]5C[C@@H]5C4)C(=O)N3C2)c2ccc(OCCN3CCOCC3)c(Cl)c2n1. The summed E-state index contributed by atoms with van der Waals surface area (Å²) in [5, 5.41) is 20.4. The molecule has 6 fully saturated rings. The molecule has 15 nitrogen and oxygen atoms in total. The minimum absolute atomic E-state index is 0.0346. The van der Waals surface area contributed by atoms with E-state index >= 15 is 0 Å². The van der Waals surface area contributed by atoms with E-state index in [1.165, 1.54) is 11.3 Å². The van der Waals surface area contributed by atoms with Gasteiger partial charge in [0.05, 0.1) is 25.3 Å². The Bertz CT molecular complexity index is 1890. The van der Waals surface area contributed by atoms with Gasteiger partial charge in [-0.15, -0.1) is 0 Å². The number of hydrogen-bond donors (Lipinski definition) is 4. The minimum Gasteiger partial charge on any atom is -0.491 e. The van der Waals surface area contributed by atoms with Crippen molar-refractivity contribution in [2.45, 2.75) is 127 Å². The average molecular weight is 839 g/mol. The number of rotatable bonds is 11. The third-order valence-electron chi connectivity index (χ3n) is 13.1. The van der Waals surface area contributed by atoms with E-state index in [-0.39, 0.29) is 31.0 Å². The molecule has 3 amide bonds. The molecule has 8 atom stereocenters. The summed E-state index contributed by atoms with van der Waals surface area (Å²) in [6.45, 7) is 8.29. The number of benzene rings is 1. The van der Waals surface area contributed by atoms with Crippen LogP contribution in [-0.2, 0) is 23.9 Å². The van der Waals surface area contributed by atoms with Crippen molar-refractivity contribution in [1.82, 2.24) is 25.4 Å². The van der Waals surface area contributed by atoms with Crippen LogP contribution in [0.4, 0.5) is 10.6 Å². The van der Waals surface area contributed by atoms with Gasteiger partial charge in [-0.25, -0.2) is 14.6 Å². The van der Waals surface area contributed by atoms with Crippen molar-refractivity contribution in [3.63, 3.8) is 0 Å². The van der Waals surface area contributed by atoms with Gasteiger partial charge in [-0.1, -0.05) is 43.7 Å². The molecule has 0 spiro atoms. The molecule has 16 heteroatoms. The number of carbonyl (C=O) groups excluding carboxylic acids is 3. The van der Waals surface area contributed by atoms with E-state index in [0.29, 0.717) is 90.6 Å². The summed E-state index contributed by atoms with van der Waals surface area (Å²) in [4.78, 5) is 63.4. The fourth-order valence-electron chi connectivity index (χ4n) is 9.71. The lowest BCUT2D eigenvalue weighted by Gasteiger charge is -2.29. The van der Waals surface area contributed by atoms with Gasteiger partial charge in [0.2, 0.25) is 11.8 Å². The maximum Gasteiger partial charge on any atom is 0.408 e. The van der Waals surface area contributed by atoms with Crippen LogP contribution >= 0.6 is 11.6 Å². The van der Waals surface area contributed by atoms with Crippen LogP contribution in [0.1, 0.15) is 90.9 Å². The van der Waals surface area contributed by atoms with Crippen LogP contribution < -0.4 is 25.4 Å². The summed E-state index contributed by atoms with van der Waals surface area (Å²) >= 11 is 7.00. The van der Waals surface area contributed by atoms with Crippen molar-refractivity contribution in [2.24, 2.45) is 17.8 Å². The first-order valence-electron chi connectivity index (χ1n) is 21.8. The number of amides is 3. The number of carboxylic acid groups (broad SMARTS) is 1. The zero-order valence-corrected chi connectivity index (χ0v) is 35.0. The van der Waals surface area contributed by atoms with Gasteiger partial charge >= 0.3 is 12.1 Å². The number of morpholine rings is 1. The number of nitrogens with zero attached hydrogens (tertiary/aromatic N) is 3. The molecule has 3 saturated heterocycles. The molecule has 1 aromatic heterocycles. The van der Waals surface area contributed by atoms with Crippen LogP contribution in [0.25, 0.3) is 10.9 Å². The zero-order valence-electron chi connectivity index (χ0n) is 34.2. The molecule has 4 N–H and O–H groups in total. The van der Waals surface area contributed by atoms with E-state index in [1.807, 2.05) is 19.9 Å². The molecular formula is C43H59ClN6O9. The van der Waals surface area contributed by atoms with Crippen molar-refractivity contribution in [2.75, 3.05) is 51.3 Å². The van der Waals surface area contributed by atoms with Gasteiger partial charge in [0.1, 0.15) is 58.8 Å². The minimum atomic E-state index is -1.37. The highest BCUT2D eigenvalue weighted by Gasteiger charge is 2.62. The lowest BCUT2D eigenvalue weighted by Crippen LogP contribution is -2.56. The number of carbonyl (C=O) groups is 4. The largest absolute Gasteiger partial charge is 0.491 e. The van der Waals surface area contributed by atoms with Crippen molar-refractivity contribution in [1.29, 1.82) is 0 Å². The first-order valence-corrected chi connectivity index (χ1v) is 22.2. The Balaban J connectivity index is 1.05. The first-order chi connectivity index (χ1) is 28.5. The number of hydrogen-bond acceptors (Lipinski definition) is 11. The summed E-state index contributed by atoms with van der Waals surface area (Å²) < 4.78 is 24.1. The molecule has 0 unspecified atom stereocenters. The lowest BCUT2D eigenvalue weighted by atomic mass is 10.0. The number of aromatic nitrogens is 1. The molecule has 0 bridgehead atoms. The van der Waals surface area contributed by atoms with E-state index < -0.39 is 47.6 Å². The van der Waals surface area contributed by atoms with Gasteiger partial charge in [-0.2, -0.15) is 0 Å². The van der Waals surface area contributed by atoms with Crippen LogP contribution in [0.3, 0.4) is 0 Å². The molecule has 4 heterocycles. The highest BCUT2D eigenvalue weighted by molar-refractivity contribution is 6.36. The van der Waals surface area contributed by atoms with E-state index in [4.69, 9.17) is 35.5 Å². The topological polar surface area (TPSA) is 181 Å². The number of nitrogens with one attached hydrogen (secondary N) is 3. The number of halogens is 1. The van der Waals surface area contributed by atoms with Crippen LogP contribution in [0, 0.1) is 17.8 Å². The molecule has 3 aliphatic heterocycles. The molecule has 322 valence electrons. The second-order valence-electron chi connectivity index (χ2n) is 17.8. The molecule has 3 aliphatic carbocycles. The monoisotopic (exact) mass is 838 g/mol. The van der Waals surface area contributed by atoms with E-state index in [1.54, 1.807) is 12.1 Å². The molecule has 6 aliphatic rings. The average Bonchev–Trinajstić information content (AvgIpc) is 4.00. The van der Waals surface area contributed by atoms with Gasteiger partial charge in [0, 0.05) is 43.5 Å². The van der Waals surface area contributed by atoms with Crippen LogP contribution in [0.15, 0.2) is 18.2 Å². The quantitative estimate of drug-likeness (QED) is 0.228. The Kier molecular flexibility index (Phi) is 12.6. The van der Waals surface area contributed by atoms with Crippen molar-refractivity contribution in [3.8, 4) is 11.5 Å². The number of alkyl carbamates (subject to hydrolysis) is 1. The van der Waals surface area contributed by atoms with Crippen LogP contribution in [0.2, 0.25) is 5.02 Å². The molecule has 2 aromatic rings. The highest BCUT2D eigenvalue weighted by Crippen LogP contribution is 2.52. The number of carboxylic acids is 1. The molecule has 59 heavy (non-hydrogen) atoms. The second-order valence-corrected chi connectivity index (χ2v) is 18.2. The zero-order chi connectivity index (χ0) is 41.3. The van der Waals surface area contributed by atoms with E-state index in [2.05, 4.69) is 20.9 Å². The summed E-state index contributed by atoms with van der Waals surface area (Å²) in [7, 11) is 0. The van der Waals surface area contributed by atoms with Crippen LogP contribution in [-0.4, -0.2) is 126 Å². The lowest BCUT2D eigenvalue weighted by molar-refractivity contribution is -0.146. The van der Waals surface area contributed by atoms with Gasteiger partial charge in [-0.05, 0) is 82.3 Å². The Labute approximate surface area is 350 Å². The third kappa shape index (κ3) is 9.62. The summed E-state index contributed by atoms with van der Waals surface area (Å²) in [5.41, 5.74) is -0.894. The Hall–Kier alpha value is -4.08. The number of fused-ring (bicyclic) bond motifs is 4. The van der Waals surface area contributed by atoms with Gasteiger partial charge in [0.15, 0.2) is 0 Å². The van der Waals surface area contributed by atoms with Gasteiger partial charge in [0.25, 0.3) is 0 Å². The summed E-state index contributed by atoms with van der Waals surface area (Å²) in [6, 6.07) is 3.51. The fourth-order valence-corrected chi connectivity index (χ4v) is 9.97. The predicted octanol–water partition coefficient (Wildman–Crippen LogP) is 5.36. The number of anilines is 1. The van der Waals surface area contributed by atoms with E-state index in [0.717, 1.165) is 58.2 Å². The summed E-state index contributed by atoms with van der Waals surface area (Å²) in [6.07, 6.45) is 7.26. The predicted molar refractivity (Wildman–Crippen MR) is 220 cm³/mol. The second kappa shape index (κ2) is 17.9. The van der Waals surface area contributed by atoms with Crippen LogP contribution in [0.5, 0.6) is 11.5 Å². The fraction of sp³-hybridized carbons (Fsp3) is 0.698. The number of pyridine rings is 1. The maximum atomic E-state index is 14.6. The maximum absolute atomic E-state index is 14.6. The van der Waals surface area contributed by atoms with Gasteiger partial charge < -0.3 is 44.9 Å². The molecule has 3 saturated carbocycles. The van der Waals surface area contributed by atoms with Crippen molar-refractivity contribution in [3.05, 3.63) is 23.2 Å². The Morgan fingerprint density at radius 2 is 1.76 bits per heavy atom. The molecular weight excluding hydrogens is 780 g/mol. The highest BCUT2D eigenvalue weighted by atomic mass is 35.5. The standard InChI is InChI=1S/C43H59ClN6O9/c1-25(2)45-36-22-35(31-10-11-34(37(44)38(31)47-36)57-17-14-49-12-15-56-16-13-49)58-30-21-33-39(51)48-43(41(53)54)23-28(43)8-6-4-3-5-7-9-32(40(52)50(33)24-30)46-42(55)59-29-19-26-18-27(26)20-29/h10-11,22,25-30,32-33H,3-9,12-21,23-24H2,1-2H3,(H,45,47)(H,46,55)(H,48,51)(H,53,54)/t26-,27+,28-,29+,30-,32+,33+,43-/m1/s1. The molecule has 0 radical (unpaired) electrons. The smallest absolute Gasteiger partial charge is 0.408 e. The number of aliphatic carboxylic acids is 1. The number of ether oxygens (including phenoxy) is 4. The molecule has 1 aromatic carbocycles. The van der Waals surface area contributed by atoms with Crippen molar-refractivity contribution < 1.29 is 43.2 Å². The first kappa shape index (κ1) is 41.6. The Morgan fingerprint density at radius 3 is 2.51 bits per heavy atom.